The third-order valence-corrected chi connectivity index (χ3v) is 5.15. The summed E-state index contributed by atoms with van der Waals surface area (Å²) < 4.78 is 10.6. The van der Waals surface area contributed by atoms with Crippen LogP contribution in [0.3, 0.4) is 0 Å². The van der Waals surface area contributed by atoms with Crippen LogP contribution >= 0.6 is 23.6 Å². The van der Waals surface area contributed by atoms with Gasteiger partial charge in [-0.05, 0) is 42.7 Å². The Kier molecular flexibility index (Phi) is 5.43. The molecule has 136 valence electrons. The average Bonchev–Trinajstić information content (AvgIpc) is 3.15. The lowest BCUT2D eigenvalue weighted by Gasteiger charge is -2.29. The lowest BCUT2D eigenvalue weighted by atomic mass is 10.0. The fraction of sp³-hybridized carbons (Fsp3) is 0.222. The molecule has 1 aromatic heterocycles. The zero-order chi connectivity index (χ0) is 18.7. The van der Waals surface area contributed by atoms with E-state index in [2.05, 4.69) is 16.0 Å². The number of amides is 1. The monoisotopic (exact) mass is 389 g/mol. The number of hydrogen-bond donors (Lipinski definition) is 3. The summed E-state index contributed by atoms with van der Waals surface area (Å²) in [6.07, 6.45) is 0. The van der Waals surface area contributed by atoms with Crippen LogP contribution in [0, 0.1) is 0 Å². The first-order chi connectivity index (χ1) is 12.5. The summed E-state index contributed by atoms with van der Waals surface area (Å²) >= 11 is 6.82. The van der Waals surface area contributed by atoms with Crippen molar-refractivity contribution in [3.8, 4) is 11.5 Å². The Balaban J connectivity index is 1.95. The van der Waals surface area contributed by atoms with Crippen molar-refractivity contribution in [3.05, 3.63) is 51.9 Å². The summed E-state index contributed by atoms with van der Waals surface area (Å²) in [4.78, 5) is 14.1. The highest BCUT2D eigenvalue weighted by Gasteiger charge is 2.30. The molecule has 1 atom stereocenters. The van der Waals surface area contributed by atoms with Gasteiger partial charge in [-0.1, -0.05) is 6.07 Å². The predicted octanol–water partition coefficient (Wildman–Crippen LogP) is 3.20. The van der Waals surface area contributed by atoms with Crippen LogP contribution in [0.5, 0.6) is 11.5 Å². The molecule has 0 radical (unpaired) electrons. The van der Waals surface area contributed by atoms with Crippen LogP contribution in [0.2, 0.25) is 0 Å². The fourth-order valence-electron chi connectivity index (χ4n) is 2.77. The lowest BCUT2D eigenvalue weighted by Crippen LogP contribution is -2.45. The maximum atomic E-state index is 13.1. The number of nitrogens with one attached hydrogen (secondary N) is 3. The number of methoxy groups -OCH3 is 2. The summed E-state index contributed by atoms with van der Waals surface area (Å²) in [5, 5.41) is 11.6. The van der Waals surface area contributed by atoms with E-state index >= 15 is 0 Å². The topological polar surface area (TPSA) is 71.6 Å². The highest BCUT2D eigenvalue weighted by molar-refractivity contribution is 7.80. The van der Waals surface area contributed by atoms with Crippen molar-refractivity contribution in [1.29, 1.82) is 0 Å². The Labute approximate surface area is 161 Å². The van der Waals surface area contributed by atoms with Crippen LogP contribution in [0.25, 0.3) is 0 Å². The van der Waals surface area contributed by atoms with Crippen molar-refractivity contribution in [1.82, 2.24) is 10.6 Å². The largest absolute Gasteiger partial charge is 0.497 e. The summed E-state index contributed by atoms with van der Waals surface area (Å²) in [5.74, 6) is 0.940. The van der Waals surface area contributed by atoms with Gasteiger partial charge in [-0.15, -0.1) is 11.3 Å². The van der Waals surface area contributed by atoms with Gasteiger partial charge in [-0.2, -0.15) is 0 Å². The van der Waals surface area contributed by atoms with Crippen molar-refractivity contribution in [2.24, 2.45) is 0 Å². The number of allylic oxidation sites excluding steroid dienone is 1. The number of thiophene rings is 1. The molecule has 0 saturated carbocycles. The molecule has 2 heterocycles. The predicted molar refractivity (Wildman–Crippen MR) is 107 cm³/mol. The van der Waals surface area contributed by atoms with Gasteiger partial charge < -0.3 is 25.4 Å². The van der Waals surface area contributed by atoms with Crippen LogP contribution < -0.4 is 25.4 Å². The van der Waals surface area contributed by atoms with Gasteiger partial charge in [0.25, 0.3) is 5.91 Å². The van der Waals surface area contributed by atoms with Gasteiger partial charge in [-0.25, -0.2) is 0 Å². The third-order valence-electron chi connectivity index (χ3n) is 4.00. The van der Waals surface area contributed by atoms with E-state index in [0.29, 0.717) is 33.6 Å². The Morgan fingerprint density at radius 1 is 1.27 bits per heavy atom. The number of hydrogen-bond acceptors (Lipinski definition) is 5. The molecule has 26 heavy (non-hydrogen) atoms. The highest BCUT2D eigenvalue weighted by atomic mass is 32.1. The molecule has 0 unspecified atom stereocenters. The number of benzene rings is 1. The molecule has 1 aliphatic rings. The molecule has 0 fully saturated rings. The molecule has 6 nitrogen and oxygen atoms in total. The zero-order valence-corrected chi connectivity index (χ0v) is 16.2. The molecule has 0 saturated heterocycles. The van der Waals surface area contributed by atoms with Crippen molar-refractivity contribution >= 4 is 40.3 Å². The first-order valence-electron chi connectivity index (χ1n) is 7.88. The molecule has 0 aliphatic carbocycles. The quantitative estimate of drug-likeness (QED) is 0.682. The molecule has 1 aromatic carbocycles. The van der Waals surface area contributed by atoms with Crippen molar-refractivity contribution in [3.63, 3.8) is 0 Å². The molecule has 8 heteroatoms. The molecule has 3 rings (SSSR count). The van der Waals surface area contributed by atoms with E-state index in [1.165, 1.54) is 0 Å². The first-order valence-corrected chi connectivity index (χ1v) is 9.17. The Bertz CT molecular complexity index is 863. The van der Waals surface area contributed by atoms with E-state index in [1.54, 1.807) is 43.8 Å². The van der Waals surface area contributed by atoms with Gasteiger partial charge in [0.2, 0.25) is 0 Å². The minimum absolute atomic E-state index is 0.241. The molecule has 1 aliphatic heterocycles. The van der Waals surface area contributed by atoms with Crippen molar-refractivity contribution < 1.29 is 14.3 Å². The SMILES string of the molecule is COc1ccc(OC)c(NC(=O)C2=C(C)NC(=S)N[C@@H]2c2cccs2)c1. The molecular formula is C18H19N3O3S2. The average molecular weight is 390 g/mol. The zero-order valence-electron chi connectivity index (χ0n) is 14.6. The summed E-state index contributed by atoms with van der Waals surface area (Å²) in [6, 6.07) is 8.86. The summed E-state index contributed by atoms with van der Waals surface area (Å²) in [5.41, 5.74) is 1.83. The number of rotatable bonds is 5. The first kappa shape index (κ1) is 18.2. The van der Waals surface area contributed by atoms with E-state index < -0.39 is 0 Å². The second-order valence-corrected chi connectivity index (χ2v) is 6.99. The Hall–Kier alpha value is -2.58. The molecule has 2 aromatic rings. The highest BCUT2D eigenvalue weighted by Crippen LogP contribution is 2.33. The number of carbonyl (C=O) groups excluding carboxylic acids is 1. The fourth-order valence-corrected chi connectivity index (χ4v) is 3.82. The van der Waals surface area contributed by atoms with E-state index in [-0.39, 0.29) is 11.9 Å². The molecule has 3 N–H and O–H groups in total. The van der Waals surface area contributed by atoms with Gasteiger partial charge in [0, 0.05) is 16.6 Å². The number of thiocarbonyl (C=S) groups is 1. The minimum atomic E-state index is -0.305. The van der Waals surface area contributed by atoms with Gasteiger partial charge >= 0.3 is 0 Å². The van der Waals surface area contributed by atoms with Gasteiger partial charge in [0.15, 0.2) is 5.11 Å². The van der Waals surface area contributed by atoms with Crippen LogP contribution in [-0.2, 0) is 4.79 Å². The lowest BCUT2D eigenvalue weighted by molar-refractivity contribution is -0.113. The molecular weight excluding hydrogens is 370 g/mol. The van der Waals surface area contributed by atoms with Gasteiger partial charge in [0.1, 0.15) is 11.5 Å². The van der Waals surface area contributed by atoms with Crippen LogP contribution in [-0.4, -0.2) is 25.2 Å². The maximum absolute atomic E-state index is 13.1. The van der Waals surface area contributed by atoms with Crippen LogP contribution in [0.4, 0.5) is 5.69 Å². The van der Waals surface area contributed by atoms with Gasteiger partial charge in [0.05, 0.1) is 31.5 Å². The Morgan fingerprint density at radius 2 is 2.08 bits per heavy atom. The number of carbonyl (C=O) groups is 1. The van der Waals surface area contributed by atoms with E-state index in [0.717, 1.165) is 4.88 Å². The molecule has 1 amide bonds. The summed E-state index contributed by atoms with van der Waals surface area (Å²) in [6.45, 7) is 1.84. The van der Waals surface area contributed by atoms with Crippen LogP contribution in [0.15, 0.2) is 47.0 Å². The third kappa shape index (κ3) is 3.66. The number of anilines is 1. The maximum Gasteiger partial charge on any atom is 0.255 e. The smallest absolute Gasteiger partial charge is 0.255 e. The normalized spacial score (nSPS) is 16.6. The molecule has 0 spiro atoms. The van der Waals surface area contributed by atoms with Crippen LogP contribution in [0.1, 0.15) is 17.8 Å². The van der Waals surface area contributed by atoms with E-state index in [9.17, 15) is 4.79 Å². The van der Waals surface area contributed by atoms with E-state index in [1.807, 2.05) is 24.4 Å². The van der Waals surface area contributed by atoms with Crippen molar-refractivity contribution in [2.45, 2.75) is 13.0 Å². The minimum Gasteiger partial charge on any atom is -0.497 e. The summed E-state index contributed by atoms with van der Waals surface area (Å²) in [7, 11) is 3.13. The number of ether oxygens (including phenoxy) is 2. The molecule has 0 bridgehead atoms. The van der Waals surface area contributed by atoms with Gasteiger partial charge in [-0.3, -0.25) is 4.79 Å². The second kappa shape index (κ2) is 7.76. The van der Waals surface area contributed by atoms with Crippen molar-refractivity contribution in [2.75, 3.05) is 19.5 Å². The van der Waals surface area contributed by atoms with E-state index in [4.69, 9.17) is 21.7 Å². The standard InChI is InChI=1S/C18H19N3O3S2/c1-10-15(16(21-18(25)19-10)14-5-4-8-26-14)17(22)20-12-9-11(23-2)6-7-13(12)24-3/h4-9,16H,1-3H3,(H,20,22)(H2,19,21,25)/t16-/m1/s1. The Morgan fingerprint density at radius 3 is 2.73 bits per heavy atom. The second-order valence-electron chi connectivity index (χ2n) is 5.61.